The van der Waals surface area contributed by atoms with Gasteiger partial charge < -0.3 is 8.98 Å². The molecule has 0 spiro atoms. The molecule has 0 unspecified atom stereocenters. The molecule has 58 heavy (non-hydrogen) atoms. The number of fused-ring (bicyclic) bond motifs is 8. The lowest BCUT2D eigenvalue weighted by atomic mass is 9.92. The van der Waals surface area contributed by atoms with Gasteiger partial charge in [-0.15, -0.1) is 0 Å². The fourth-order valence-corrected chi connectivity index (χ4v) is 8.77. The van der Waals surface area contributed by atoms with Crippen molar-refractivity contribution in [1.82, 2.24) is 19.5 Å². The van der Waals surface area contributed by atoms with Crippen molar-refractivity contribution in [3.8, 4) is 51.0 Å². The van der Waals surface area contributed by atoms with E-state index in [2.05, 4.69) is 180 Å². The van der Waals surface area contributed by atoms with Gasteiger partial charge in [-0.1, -0.05) is 133 Å². The quantitative estimate of drug-likeness (QED) is 0.176. The molecule has 12 aromatic rings. The van der Waals surface area contributed by atoms with Crippen molar-refractivity contribution in [1.29, 1.82) is 0 Å². The number of rotatable bonds is 5. The molecule has 5 nitrogen and oxygen atoms in total. The average Bonchev–Trinajstić information content (AvgIpc) is 3.83. The molecule has 5 heteroatoms. The molecule has 0 amide bonds. The molecule has 0 N–H and O–H groups in total. The Labute approximate surface area is 333 Å². The van der Waals surface area contributed by atoms with E-state index in [0.717, 1.165) is 88.0 Å². The van der Waals surface area contributed by atoms with Gasteiger partial charge in [-0.2, -0.15) is 0 Å². The lowest BCUT2D eigenvalue weighted by molar-refractivity contribution is 0.669. The van der Waals surface area contributed by atoms with E-state index in [1.165, 1.54) is 10.8 Å². The van der Waals surface area contributed by atoms with Crippen molar-refractivity contribution in [3.63, 3.8) is 0 Å². The molecule has 3 heterocycles. The second kappa shape index (κ2) is 12.8. The summed E-state index contributed by atoms with van der Waals surface area (Å²) in [6, 6.07) is 68.0. The fraction of sp³-hybridized carbons (Fsp3) is 0. The van der Waals surface area contributed by atoms with Gasteiger partial charge in [0.05, 0.1) is 11.0 Å². The Morgan fingerprint density at radius 3 is 1.78 bits per heavy atom. The number of nitrogens with zero attached hydrogens (tertiary/aromatic N) is 4. The Kier molecular flexibility index (Phi) is 7.16. The first kappa shape index (κ1) is 32.4. The van der Waals surface area contributed by atoms with Crippen LogP contribution in [0, 0.1) is 0 Å². The average molecular weight is 741 g/mol. The summed E-state index contributed by atoms with van der Waals surface area (Å²) >= 11 is 0. The Morgan fingerprint density at radius 2 is 0.966 bits per heavy atom. The van der Waals surface area contributed by atoms with Crippen molar-refractivity contribution >= 4 is 65.3 Å². The Bertz CT molecular complexity index is 3570. The van der Waals surface area contributed by atoms with E-state index in [1.54, 1.807) is 0 Å². The molecule has 0 saturated heterocycles. The van der Waals surface area contributed by atoms with E-state index in [-0.39, 0.29) is 0 Å². The van der Waals surface area contributed by atoms with Crippen molar-refractivity contribution < 1.29 is 4.42 Å². The maximum Gasteiger partial charge on any atom is 0.164 e. The zero-order valence-corrected chi connectivity index (χ0v) is 31.2. The van der Waals surface area contributed by atoms with Crippen LogP contribution in [0.15, 0.2) is 199 Å². The topological polar surface area (TPSA) is 56.7 Å². The summed E-state index contributed by atoms with van der Waals surface area (Å²) in [7, 11) is 0. The standard InChI is InChI=1S/C53H32N4O/c1-3-14-33(15-4-1)51-54-52(36-26-29-47-44(31-36)41-22-11-12-24-46(41)57(47)37-18-5-2-6-19-37)56-53(55-51)43-28-27-40(38-20-9-10-21-39(38)43)42-23-13-25-48-50(42)45-30-34-16-7-8-17-35(34)32-49(45)58-48/h1-32H. The van der Waals surface area contributed by atoms with Crippen molar-refractivity contribution in [2.75, 3.05) is 0 Å². The largest absolute Gasteiger partial charge is 0.456 e. The molecule has 0 aliphatic carbocycles. The van der Waals surface area contributed by atoms with Crippen LogP contribution < -0.4 is 0 Å². The minimum absolute atomic E-state index is 0.622. The van der Waals surface area contributed by atoms with E-state index in [1.807, 2.05) is 18.2 Å². The third kappa shape index (κ3) is 5.07. The predicted molar refractivity (Wildman–Crippen MR) is 238 cm³/mol. The Morgan fingerprint density at radius 1 is 0.345 bits per heavy atom. The second-order valence-corrected chi connectivity index (χ2v) is 14.8. The number of hydrogen-bond acceptors (Lipinski definition) is 4. The number of hydrogen-bond donors (Lipinski definition) is 0. The molecule has 0 atom stereocenters. The first-order chi connectivity index (χ1) is 28.7. The summed E-state index contributed by atoms with van der Waals surface area (Å²) in [5.41, 5.74) is 10.2. The highest BCUT2D eigenvalue weighted by Crippen LogP contribution is 2.43. The highest BCUT2D eigenvalue weighted by molar-refractivity contribution is 6.18. The molecule has 0 fully saturated rings. The molecule has 0 bridgehead atoms. The van der Waals surface area contributed by atoms with E-state index in [0.29, 0.717) is 17.5 Å². The van der Waals surface area contributed by atoms with Crippen LogP contribution >= 0.6 is 0 Å². The van der Waals surface area contributed by atoms with Gasteiger partial charge in [0.25, 0.3) is 0 Å². The number of furan rings is 1. The Hall–Kier alpha value is -7.89. The molecular formula is C53H32N4O. The van der Waals surface area contributed by atoms with Crippen LogP contribution in [-0.4, -0.2) is 19.5 Å². The minimum atomic E-state index is 0.622. The summed E-state index contributed by atoms with van der Waals surface area (Å²) in [6.45, 7) is 0. The van der Waals surface area contributed by atoms with Gasteiger partial charge in [-0.25, -0.2) is 15.0 Å². The predicted octanol–water partition coefficient (Wildman–Crippen LogP) is 13.8. The summed E-state index contributed by atoms with van der Waals surface area (Å²) < 4.78 is 8.81. The molecule has 270 valence electrons. The van der Waals surface area contributed by atoms with Crippen LogP contribution in [0.4, 0.5) is 0 Å². The van der Waals surface area contributed by atoms with Gasteiger partial charge in [0.1, 0.15) is 11.2 Å². The van der Waals surface area contributed by atoms with Crippen LogP contribution in [0.25, 0.3) is 116 Å². The summed E-state index contributed by atoms with van der Waals surface area (Å²) in [4.78, 5) is 15.6. The lowest BCUT2D eigenvalue weighted by Gasteiger charge is -2.14. The van der Waals surface area contributed by atoms with Gasteiger partial charge >= 0.3 is 0 Å². The zero-order valence-electron chi connectivity index (χ0n) is 31.2. The molecule has 0 aliphatic rings. The summed E-state index contributed by atoms with van der Waals surface area (Å²) in [5, 5.41) is 9.06. The second-order valence-electron chi connectivity index (χ2n) is 14.8. The van der Waals surface area contributed by atoms with Crippen molar-refractivity contribution in [2.45, 2.75) is 0 Å². The van der Waals surface area contributed by atoms with E-state index in [9.17, 15) is 0 Å². The third-order valence-corrected chi connectivity index (χ3v) is 11.4. The van der Waals surface area contributed by atoms with Gasteiger partial charge in [-0.05, 0) is 93.3 Å². The van der Waals surface area contributed by atoms with Crippen LogP contribution in [0.1, 0.15) is 0 Å². The monoisotopic (exact) mass is 740 g/mol. The van der Waals surface area contributed by atoms with Crippen LogP contribution in [0.3, 0.4) is 0 Å². The highest BCUT2D eigenvalue weighted by Gasteiger charge is 2.20. The molecule has 3 aromatic heterocycles. The SMILES string of the molecule is c1ccc(-c2nc(-c3ccc4c(c3)c3ccccc3n4-c3ccccc3)nc(-c3ccc(-c4cccc5oc6cc7ccccc7cc6c45)c4ccccc34)n2)cc1. The number of aromatic nitrogens is 4. The zero-order chi connectivity index (χ0) is 38.2. The normalized spacial score (nSPS) is 11.8. The molecule has 9 aromatic carbocycles. The van der Waals surface area contributed by atoms with Crippen LogP contribution in [0.2, 0.25) is 0 Å². The maximum atomic E-state index is 6.48. The Balaban J connectivity index is 1.06. The van der Waals surface area contributed by atoms with Gasteiger partial charge in [0.15, 0.2) is 17.5 Å². The minimum Gasteiger partial charge on any atom is -0.456 e. The van der Waals surface area contributed by atoms with Crippen LogP contribution in [-0.2, 0) is 0 Å². The third-order valence-electron chi connectivity index (χ3n) is 11.4. The number of benzene rings is 9. The molecule has 12 rings (SSSR count). The van der Waals surface area contributed by atoms with Crippen LogP contribution in [0.5, 0.6) is 0 Å². The molecule has 0 saturated carbocycles. The fourth-order valence-electron chi connectivity index (χ4n) is 8.77. The van der Waals surface area contributed by atoms with E-state index < -0.39 is 0 Å². The van der Waals surface area contributed by atoms with E-state index >= 15 is 0 Å². The number of para-hydroxylation sites is 2. The van der Waals surface area contributed by atoms with Gasteiger partial charge in [0.2, 0.25) is 0 Å². The lowest BCUT2D eigenvalue weighted by Crippen LogP contribution is -2.01. The summed E-state index contributed by atoms with van der Waals surface area (Å²) in [5.74, 6) is 1.87. The van der Waals surface area contributed by atoms with Crippen molar-refractivity contribution in [3.05, 3.63) is 194 Å². The first-order valence-electron chi connectivity index (χ1n) is 19.5. The molecule has 0 aliphatic heterocycles. The van der Waals surface area contributed by atoms with Gasteiger partial charge in [-0.3, -0.25) is 0 Å². The van der Waals surface area contributed by atoms with E-state index in [4.69, 9.17) is 19.4 Å². The smallest absolute Gasteiger partial charge is 0.164 e. The van der Waals surface area contributed by atoms with Crippen molar-refractivity contribution in [2.24, 2.45) is 0 Å². The summed E-state index contributed by atoms with van der Waals surface area (Å²) in [6.07, 6.45) is 0. The molecular weight excluding hydrogens is 709 g/mol. The first-order valence-corrected chi connectivity index (χ1v) is 19.5. The molecule has 0 radical (unpaired) electrons. The highest BCUT2D eigenvalue weighted by atomic mass is 16.3. The van der Waals surface area contributed by atoms with Gasteiger partial charge in [0, 0.05) is 43.9 Å². The maximum absolute atomic E-state index is 6.48.